The van der Waals surface area contributed by atoms with Gasteiger partial charge in [0.2, 0.25) is 0 Å². The topological polar surface area (TPSA) is 12.4 Å². The molecule has 1 nitrogen and oxygen atoms in total. The van der Waals surface area contributed by atoms with Crippen LogP contribution in [0.15, 0.2) is 53.5 Å². The van der Waals surface area contributed by atoms with Crippen molar-refractivity contribution in [3.63, 3.8) is 0 Å². The first-order chi connectivity index (χ1) is 13.0. The minimum atomic E-state index is 0.884. The number of rotatable bonds is 5. The van der Waals surface area contributed by atoms with E-state index in [1.807, 2.05) is 46.0 Å². The van der Waals surface area contributed by atoms with Gasteiger partial charge in [-0.1, -0.05) is 110 Å². The summed E-state index contributed by atoms with van der Waals surface area (Å²) < 4.78 is 0. The highest BCUT2D eigenvalue weighted by Gasteiger charge is 1.92. The Morgan fingerprint density at radius 2 is 1.30 bits per heavy atom. The summed E-state index contributed by atoms with van der Waals surface area (Å²) in [5.41, 5.74) is 4.80. The molecule has 27 heavy (non-hydrogen) atoms. The molecule has 2 aromatic rings. The molecule has 0 aliphatic heterocycles. The number of hydrogen-bond donors (Lipinski definition) is 0. The maximum Gasteiger partial charge on any atom is 0.0630 e. The lowest BCUT2D eigenvalue weighted by Gasteiger charge is -1.99. The van der Waals surface area contributed by atoms with Gasteiger partial charge in [0.1, 0.15) is 0 Å². The van der Waals surface area contributed by atoms with Crippen LogP contribution < -0.4 is 0 Å². The lowest BCUT2D eigenvalue weighted by Crippen LogP contribution is -1.85. The molecule has 152 valence electrons. The van der Waals surface area contributed by atoms with Crippen LogP contribution in [-0.4, -0.2) is 6.21 Å². The van der Waals surface area contributed by atoms with E-state index in [1.54, 1.807) is 0 Å². The second-order valence-electron chi connectivity index (χ2n) is 6.39. The number of benzene rings is 2. The zero-order chi connectivity index (χ0) is 21.1. The van der Waals surface area contributed by atoms with Crippen molar-refractivity contribution in [3.05, 3.63) is 65.2 Å². The second-order valence-corrected chi connectivity index (χ2v) is 6.39. The van der Waals surface area contributed by atoms with Gasteiger partial charge in [0.25, 0.3) is 0 Å². The monoisotopic (exact) mass is 369 g/mol. The molecular formula is C26H43N. The largest absolute Gasteiger partial charge is 0.256 e. The minimum Gasteiger partial charge on any atom is -0.256 e. The maximum atomic E-state index is 4.47. The smallest absolute Gasteiger partial charge is 0.0630 e. The number of hydrogen-bond acceptors (Lipinski definition) is 1. The minimum absolute atomic E-state index is 0.884. The molecule has 0 aliphatic carbocycles. The summed E-state index contributed by atoms with van der Waals surface area (Å²) in [4.78, 5) is 4.47. The van der Waals surface area contributed by atoms with Crippen LogP contribution >= 0.6 is 0 Å². The molecule has 0 amide bonds. The third kappa shape index (κ3) is 14.9. The van der Waals surface area contributed by atoms with Crippen LogP contribution in [0.2, 0.25) is 0 Å². The molecule has 0 N–H and O–H groups in total. The highest BCUT2D eigenvalue weighted by molar-refractivity contribution is 5.81. The van der Waals surface area contributed by atoms with Gasteiger partial charge in [-0.2, -0.15) is 0 Å². The fraction of sp³-hybridized carbons (Fsp3) is 0.500. The Bertz CT molecular complexity index is 562. The van der Waals surface area contributed by atoms with Crippen molar-refractivity contribution in [2.24, 2.45) is 10.9 Å². The molecule has 0 unspecified atom stereocenters. The Morgan fingerprint density at radius 3 is 1.70 bits per heavy atom. The van der Waals surface area contributed by atoms with Gasteiger partial charge in [0.15, 0.2) is 0 Å². The Kier molecular flexibility index (Phi) is 19.1. The van der Waals surface area contributed by atoms with Gasteiger partial charge in [-0.15, -0.1) is 0 Å². The second kappa shape index (κ2) is 18.9. The molecule has 0 aliphatic rings. The van der Waals surface area contributed by atoms with E-state index in [9.17, 15) is 0 Å². The molecule has 2 rings (SSSR count). The van der Waals surface area contributed by atoms with Crippen molar-refractivity contribution < 1.29 is 0 Å². The van der Waals surface area contributed by atoms with Crippen LogP contribution in [0.1, 0.15) is 84.9 Å². The molecule has 0 saturated heterocycles. The van der Waals surface area contributed by atoms with Crippen LogP contribution in [0.5, 0.6) is 0 Å². The van der Waals surface area contributed by atoms with Crippen LogP contribution in [0.3, 0.4) is 0 Å². The van der Waals surface area contributed by atoms with Gasteiger partial charge >= 0.3 is 0 Å². The van der Waals surface area contributed by atoms with Gasteiger partial charge in [0, 0.05) is 6.21 Å². The number of aliphatic imine (C=N–C) groups is 1. The first-order valence-corrected chi connectivity index (χ1v) is 10.7. The van der Waals surface area contributed by atoms with Crippen molar-refractivity contribution in [1.29, 1.82) is 0 Å². The molecule has 0 spiro atoms. The van der Waals surface area contributed by atoms with Gasteiger partial charge < -0.3 is 0 Å². The zero-order valence-corrected chi connectivity index (χ0v) is 19.3. The van der Waals surface area contributed by atoms with E-state index in [4.69, 9.17) is 0 Å². The van der Waals surface area contributed by atoms with Crippen molar-refractivity contribution in [1.82, 2.24) is 0 Å². The van der Waals surface area contributed by atoms with Crippen molar-refractivity contribution >= 4 is 11.9 Å². The van der Waals surface area contributed by atoms with Crippen LogP contribution in [0.4, 0.5) is 5.69 Å². The van der Waals surface area contributed by atoms with Crippen molar-refractivity contribution in [2.75, 3.05) is 0 Å². The summed E-state index contributed by atoms with van der Waals surface area (Å²) in [6.45, 7) is 18.9. The average molecular weight is 370 g/mol. The van der Waals surface area contributed by atoms with E-state index in [1.165, 1.54) is 24.0 Å². The van der Waals surface area contributed by atoms with E-state index in [0.29, 0.717) is 0 Å². The van der Waals surface area contributed by atoms with E-state index in [-0.39, 0.29) is 0 Å². The van der Waals surface area contributed by atoms with Crippen LogP contribution in [0, 0.1) is 12.8 Å². The standard InChI is InChI=1S/C17H19N.C5H12.2C2H6/c1-3-4-15-7-9-16(10-8-15)13-18-17-11-5-14(2)6-12-17;1-4-5(2)3;2*1-2/h5-13H,3-4H2,1-2H3;5H,4H2,1-3H3;2*1-2H3. The summed E-state index contributed by atoms with van der Waals surface area (Å²) in [5.74, 6) is 0.884. The summed E-state index contributed by atoms with van der Waals surface area (Å²) in [5, 5.41) is 0. The predicted molar refractivity (Wildman–Crippen MR) is 127 cm³/mol. The van der Waals surface area contributed by atoms with Gasteiger partial charge in [0.05, 0.1) is 5.69 Å². The molecule has 0 atom stereocenters. The first-order valence-electron chi connectivity index (χ1n) is 10.7. The summed E-state index contributed by atoms with van der Waals surface area (Å²) in [6, 6.07) is 16.9. The van der Waals surface area contributed by atoms with Gasteiger partial charge in [-0.3, -0.25) is 4.99 Å². The summed E-state index contributed by atoms with van der Waals surface area (Å²) >= 11 is 0. The Balaban J connectivity index is 0. The Morgan fingerprint density at radius 1 is 0.815 bits per heavy atom. The fourth-order valence-electron chi connectivity index (χ4n) is 1.84. The van der Waals surface area contributed by atoms with Gasteiger partial charge in [-0.05, 0) is 42.5 Å². The highest BCUT2D eigenvalue weighted by atomic mass is 14.7. The zero-order valence-electron chi connectivity index (χ0n) is 19.3. The summed E-state index contributed by atoms with van der Waals surface area (Å²) in [7, 11) is 0. The Labute approximate surface area is 170 Å². The molecule has 0 saturated carbocycles. The Hall–Kier alpha value is -1.89. The normalized spacial score (nSPS) is 9.56. The van der Waals surface area contributed by atoms with Crippen LogP contribution in [0.25, 0.3) is 0 Å². The fourth-order valence-corrected chi connectivity index (χ4v) is 1.84. The van der Waals surface area contributed by atoms with E-state index in [0.717, 1.165) is 23.6 Å². The number of nitrogens with zero attached hydrogens (tertiary/aromatic N) is 1. The molecule has 0 radical (unpaired) electrons. The molecular weight excluding hydrogens is 326 g/mol. The molecule has 2 aromatic carbocycles. The molecule has 0 bridgehead atoms. The number of aryl methyl sites for hydroxylation is 2. The molecule has 0 heterocycles. The van der Waals surface area contributed by atoms with Crippen LogP contribution in [-0.2, 0) is 6.42 Å². The molecule has 1 heteroatoms. The highest BCUT2D eigenvalue weighted by Crippen LogP contribution is 2.13. The van der Waals surface area contributed by atoms with Crippen molar-refractivity contribution in [2.45, 2.75) is 81.6 Å². The van der Waals surface area contributed by atoms with E-state index in [2.05, 4.69) is 76.0 Å². The quantitative estimate of drug-likeness (QED) is 0.467. The lowest BCUT2D eigenvalue weighted by atomic mass is 10.1. The average Bonchev–Trinajstić information content (AvgIpc) is 2.72. The third-order valence-corrected chi connectivity index (χ3v) is 3.73. The SMILES string of the molecule is CC.CC.CCC(C)C.CCCc1ccc(C=Nc2ccc(C)cc2)cc1. The van der Waals surface area contributed by atoms with E-state index < -0.39 is 0 Å². The molecule has 0 aromatic heterocycles. The predicted octanol–water partition coefficient (Wildman–Crippen LogP) is 8.80. The first kappa shape index (κ1) is 27.3. The summed E-state index contributed by atoms with van der Waals surface area (Å²) in [6.07, 6.45) is 5.56. The lowest BCUT2D eigenvalue weighted by molar-refractivity contribution is 0.626. The molecule has 0 fully saturated rings. The maximum absolute atomic E-state index is 4.47. The van der Waals surface area contributed by atoms with Gasteiger partial charge in [-0.25, -0.2) is 0 Å². The van der Waals surface area contributed by atoms with E-state index >= 15 is 0 Å². The van der Waals surface area contributed by atoms with Crippen molar-refractivity contribution in [3.8, 4) is 0 Å². The third-order valence-electron chi connectivity index (χ3n) is 3.73.